The number of rotatable bonds is 9. The minimum absolute atomic E-state index is 0.0943. The molecule has 0 bridgehead atoms. The van der Waals surface area contributed by atoms with Gasteiger partial charge in [0.05, 0.1) is 12.3 Å². The van der Waals surface area contributed by atoms with Crippen LogP contribution in [0.2, 0.25) is 0 Å². The molecule has 8 nitrogen and oxygen atoms in total. The Bertz CT molecular complexity index is 916. The fraction of sp³-hybridized carbons (Fsp3) is 0.211. The van der Waals surface area contributed by atoms with Gasteiger partial charge in [-0.05, 0) is 28.1 Å². The van der Waals surface area contributed by atoms with Crippen molar-refractivity contribution in [1.29, 1.82) is 0 Å². The molecule has 3 aromatic rings. The minimum Gasteiger partial charge on any atom is -0.370 e. The van der Waals surface area contributed by atoms with Gasteiger partial charge in [0.2, 0.25) is 17.0 Å². The summed E-state index contributed by atoms with van der Waals surface area (Å²) in [5, 5.41) is 12.3. The number of aromatic nitrogens is 4. The van der Waals surface area contributed by atoms with Crippen LogP contribution in [-0.2, 0) is 16.1 Å². The molecule has 0 unspecified atom stereocenters. The van der Waals surface area contributed by atoms with Crippen LogP contribution < -0.4 is 10.6 Å². The molecule has 2 aromatic carbocycles. The van der Waals surface area contributed by atoms with Crippen LogP contribution in [0.1, 0.15) is 12.0 Å². The van der Waals surface area contributed by atoms with Crippen LogP contribution in [0.25, 0.3) is 0 Å². The van der Waals surface area contributed by atoms with E-state index in [0.29, 0.717) is 11.7 Å². The fourth-order valence-corrected chi connectivity index (χ4v) is 3.34. The quantitative estimate of drug-likeness (QED) is 0.552. The number of primary amides is 1. The van der Waals surface area contributed by atoms with Crippen molar-refractivity contribution in [3.05, 3.63) is 66.2 Å². The molecule has 0 radical (unpaired) electrons. The summed E-state index contributed by atoms with van der Waals surface area (Å²) in [6.07, 6.45) is 0.0943. The van der Waals surface area contributed by atoms with Gasteiger partial charge in [0.15, 0.2) is 0 Å². The van der Waals surface area contributed by atoms with Crippen molar-refractivity contribution in [3.8, 4) is 0 Å². The number of carbonyl (C=O) groups is 2. The highest BCUT2D eigenvalue weighted by Crippen LogP contribution is 2.19. The Morgan fingerprint density at radius 3 is 2.39 bits per heavy atom. The number of para-hydroxylation sites is 1. The van der Waals surface area contributed by atoms with Gasteiger partial charge in [-0.25, -0.2) is 4.68 Å². The first-order valence-electron chi connectivity index (χ1n) is 8.70. The maximum absolute atomic E-state index is 12.8. The predicted molar refractivity (Wildman–Crippen MR) is 107 cm³/mol. The van der Waals surface area contributed by atoms with E-state index in [2.05, 4.69) is 15.5 Å². The van der Waals surface area contributed by atoms with Crippen LogP contribution in [0.3, 0.4) is 0 Å². The Balaban J connectivity index is 1.66. The van der Waals surface area contributed by atoms with Gasteiger partial charge in [-0.1, -0.05) is 60.3 Å². The Kier molecular flexibility index (Phi) is 6.74. The molecule has 0 atom stereocenters. The Labute approximate surface area is 166 Å². The summed E-state index contributed by atoms with van der Waals surface area (Å²) in [6, 6.07) is 19.0. The molecule has 0 aliphatic carbocycles. The van der Waals surface area contributed by atoms with E-state index in [9.17, 15) is 9.59 Å². The molecule has 1 aromatic heterocycles. The van der Waals surface area contributed by atoms with Crippen LogP contribution in [0, 0.1) is 0 Å². The number of carbonyl (C=O) groups excluding carboxylic acids is 2. The Hall–Kier alpha value is -3.20. The highest BCUT2D eigenvalue weighted by molar-refractivity contribution is 7.99. The van der Waals surface area contributed by atoms with E-state index in [0.717, 1.165) is 11.3 Å². The summed E-state index contributed by atoms with van der Waals surface area (Å²) >= 11 is 1.26. The molecule has 9 heteroatoms. The van der Waals surface area contributed by atoms with Crippen LogP contribution in [0.4, 0.5) is 5.69 Å². The molecule has 0 aliphatic rings. The van der Waals surface area contributed by atoms with E-state index in [4.69, 9.17) is 5.73 Å². The van der Waals surface area contributed by atoms with E-state index in [1.165, 1.54) is 11.8 Å². The largest absolute Gasteiger partial charge is 0.370 e. The van der Waals surface area contributed by atoms with Crippen molar-refractivity contribution in [2.24, 2.45) is 5.73 Å². The third-order valence-corrected chi connectivity index (χ3v) is 4.89. The zero-order chi connectivity index (χ0) is 19.8. The van der Waals surface area contributed by atoms with Crippen molar-refractivity contribution < 1.29 is 9.59 Å². The van der Waals surface area contributed by atoms with Crippen LogP contribution in [0.5, 0.6) is 0 Å². The summed E-state index contributed by atoms with van der Waals surface area (Å²) in [7, 11) is 0. The minimum atomic E-state index is -0.451. The zero-order valence-corrected chi connectivity index (χ0v) is 16.0. The second kappa shape index (κ2) is 9.65. The molecule has 1 heterocycles. The van der Waals surface area contributed by atoms with Crippen molar-refractivity contribution >= 4 is 29.3 Å². The lowest BCUT2D eigenvalue weighted by Gasteiger charge is -2.22. The number of thioether (sulfide) groups is 1. The number of nitrogens with zero attached hydrogens (tertiary/aromatic N) is 5. The third-order valence-electron chi connectivity index (χ3n) is 3.95. The van der Waals surface area contributed by atoms with Crippen molar-refractivity contribution in [2.45, 2.75) is 18.1 Å². The zero-order valence-electron chi connectivity index (χ0n) is 15.1. The number of amides is 2. The maximum atomic E-state index is 12.8. The van der Waals surface area contributed by atoms with Gasteiger partial charge in [0.1, 0.15) is 0 Å². The molecular formula is C19H20N6O2S. The maximum Gasteiger partial charge on any atom is 0.237 e. The van der Waals surface area contributed by atoms with Crippen LogP contribution >= 0.6 is 11.8 Å². The fourth-order valence-electron chi connectivity index (χ4n) is 2.59. The van der Waals surface area contributed by atoms with Crippen LogP contribution in [0.15, 0.2) is 65.8 Å². The molecule has 0 fully saturated rings. The Morgan fingerprint density at radius 2 is 1.71 bits per heavy atom. The number of hydrogen-bond donors (Lipinski definition) is 1. The lowest BCUT2D eigenvalue weighted by molar-refractivity contribution is -0.118. The van der Waals surface area contributed by atoms with Crippen molar-refractivity contribution in [3.63, 3.8) is 0 Å². The number of tetrazole rings is 1. The number of hydrogen-bond acceptors (Lipinski definition) is 6. The molecule has 2 N–H and O–H groups in total. The van der Waals surface area contributed by atoms with E-state index in [1.807, 2.05) is 60.7 Å². The number of benzene rings is 2. The second-order valence-corrected chi connectivity index (χ2v) is 6.93. The van der Waals surface area contributed by atoms with Crippen molar-refractivity contribution in [2.75, 3.05) is 17.2 Å². The average molecular weight is 396 g/mol. The highest BCUT2D eigenvalue weighted by atomic mass is 32.2. The standard InChI is InChI=1S/C19H20N6O2S/c20-17(26)11-12-24(16-9-5-2-6-10-16)18(27)14-28-19-21-22-23-25(19)13-15-7-3-1-4-8-15/h1-10H,11-14H2,(H2,20,26). The van der Waals surface area contributed by atoms with Gasteiger partial charge >= 0.3 is 0 Å². The SMILES string of the molecule is NC(=O)CCN(C(=O)CSc1nnnn1Cc1ccccc1)c1ccccc1. The monoisotopic (exact) mass is 396 g/mol. The molecule has 28 heavy (non-hydrogen) atoms. The normalized spacial score (nSPS) is 10.6. The molecule has 0 saturated carbocycles. The Morgan fingerprint density at radius 1 is 1.04 bits per heavy atom. The van der Waals surface area contributed by atoms with Crippen molar-refractivity contribution in [1.82, 2.24) is 20.2 Å². The molecular weight excluding hydrogens is 376 g/mol. The molecule has 0 saturated heterocycles. The lowest BCUT2D eigenvalue weighted by atomic mass is 10.2. The lowest BCUT2D eigenvalue weighted by Crippen LogP contribution is -2.35. The van der Waals surface area contributed by atoms with Gasteiger partial charge in [-0.2, -0.15) is 0 Å². The summed E-state index contributed by atoms with van der Waals surface area (Å²) in [6.45, 7) is 0.752. The highest BCUT2D eigenvalue weighted by Gasteiger charge is 2.18. The molecule has 0 spiro atoms. The average Bonchev–Trinajstić information content (AvgIpc) is 3.15. The van der Waals surface area contributed by atoms with E-state index >= 15 is 0 Å². The molecule has 2 amide bonds. The number of nitrogens with two attached hydrogens (primary N) is 1. The van der Waals surface area contributed by atoms with Gasteiger partial charge in [-0.15, -0.1) is 5.10 Å². The third kappa shape index (κ3) is 5.40. The smallest absolute Gasteiger partial charge is 0.237 e. The second-order valence-electron chi connectivity index (χ2n) is 5.99. The molecule has 0 aliphatic heterocycles. The van der Waals surface area contributed by atoms with E-state index < -0.39 is 5.91 Å². The van der Waals surface area contributed by atoms with Gasteiger partial charge < -0.3 is 10.6 Å². The first kappa shape index (κ1) is 19.6. The first-order chi connectivity index (χ1) is 13.6. The topological polar surface area (TPSA) is 107 Å². The summed E-state index contributed by atoms with van der Waals surface area (Å²) in [5.74, 6) is -0.456. The summed E-state index contributed by atoms with van der Waals surface area (Å²) < 4.78 is 1.66. The van der Waals surface area contributed by atoms with Crippen LogP contribution in [-0.4, -0.2) is 44.3 Å². The first-order valence-corrected chi connectivity index (χ1v) is 9.68. The predicted octanol–water partition coefficient (Wildman–Crippen LogP) is 1.72. The van der Waals surface area contributed by atoms with E-state index in [1.54, 1.807) is 9.58 Å². The van der Waals surface area contributed by atoms with Gasteiger partial charge in [0, 0.05) is 18.7 Å². The van der Waals surface area contributed by atoms with E-state index in [-0.39, 0.29) is 24.6 Å². The summed E-state index contributed by atoms with van der Waals surface area (Å²) in [5.41, 5.74) is 7.04. The number of anilines is 1. The molecule has 3 rings (SSSR count). The summed E-state index contributed by atoms with van der Waals surface area (Å²) in [4.78, 5) is 25.5. The van der Waals surface area contributed by atoms with Gasteiger partial charge in [0.25, 0.3) is 0 Å². The molecule has 144 valence electrons. The van der Waals surface area contributed by atoms with Gasteiger partial charge in [-0.3, -0.25) is 9.59 Å².